The number of carbonyl (C=O) groups excluding carboxylic acids is 1. The number of carbonyl (C=O) groups is 1. The number of rotatable bonds is 5. The maximum Gasteiger partial charge on any atom is 0.266 e. The van der Waals surface area contributed by atoms with Crippen molar-refractivity contribution >= 4 is 46.0 Å². The van der Waals surface area contributed by atoms with Crippen molar-refractivity contribution in [3.63, 3.8) is 0 Å². The first-order valence-electron chi connectivity index (χ1n) is 12.0. The Bertz CT molecular complexity index is 1130. The molecule has 3 saturated heterocycles. The molecule has 184 valence electrons. The average molecular weight is 497 g/mol. The normalized spacial score (nSPS) is 21.4. The van der Waals surface area contributed by atoms with Gasteiger partial charge in [0.25, 0.3) is 5.91 Å². The smallest absolute Gasteiger partial charge is 0.266 e. The van der Waals surface area contributed by atoms with Crippen LogP contribution < -0.4 is 9.80 Å². The summed E-state index contributed by atoms with van der Waals surface area (Å²) < 4.78 is 25.6. The van der Waals surface area contributed by atoms with Crippen molar-refractivity contribution in [2.45, 2.75) is 6.92 Å². The van der Waals surface area contributed by atoms with E-state index in [-0.39, 0.29) is 11.7 Å². The summed E-state index contributed by atoms with van der Waals surface area (Å²) in [5.74, 6) is -0.405. The Morgan fingerprint density at radius 3 is 2.26 bits per heavy atom. The van der Waals surface area contributed by atoms with Gasteiger partial charge in [-0.2, -0.15) is 0 Å². The van der Waals surface area contributed by atoms with Crippen LogP contribution in [-0.4, -0.2) is 75.1 Å². The molecular weight excluding hydrogens is 467 g/mol. The summed E-state index contributed by atoms with van der Waals surface area (Å²) in [7, 11) is 0. The number of amides is 1. The van der Waals surface area contributed by atoms with E-state index in [2.05, 4.69) is 17.0 Å². The monoisotopic (exact) mass is 496 g/mol. The van der Waals surface area contributed by atoms with E-state index in [0.717, 1.165) is 37.7 Å². The maximum atomic E-state index is 14.8. The van der Waals surface area contributed by atoms with Gasteiger partial charge < -0.3 is 19.3 Å². The van der Waals surface area contributed by atoms with E-state index < -0.39 is 0 Å². The van der Waals surface area contributed by atoms with Crippen LogP contribution in [0, 0.1) is 5.82 Å². The predicted molar refractivity (Wildman–Crippen MR) is 139 cm³/mol. The van der Waals surface area contributed by atoms with Gasteiger partial charge in [0, 0.05) is 38.4 Å². The second-order valence-corrected chi connectivity index (χ2v) is 9.49. The van der Waals surface area contributed by atoms with Gasteiger partial charge in [-0.3, -0.25) is 9.69 Å². The fourth-order valence-corrected chi connectivity index (χ4v) is 5.43. The summed E-state index contributed by atoms with van der Waals surface area (Å²) in [4.78, 5) is 24.2. The molecule has 3 aliphatic heterocycles. The number of ether oxygens (including phenoxy) is 2. The number of nitrogens with zero attached hydrogens (tertiary/aromatic N) is 4. The summed E-state index contributed by atoms with van der Waals surface area (Å²) in [6, 6.07) is 13.2. The van der Waals surface area contributed by atoms with Crippen LogP contribution in [0.15, 0.2) is 52.4 Å². The van der Waals surface area contributed by atoms with Crippen LogP contribution in [-0.2, 0) is 14.3 Å². The molecule has 0 bridgehead atoms. The Balaban J connectivity index is 1.33. The Kier molecular flexibility index (Phi) is 7.36. The van der Waals surface area contributed by atoms with Crippen LogP contribution in [0.2, 0.25) is 0 Å². The van der Waals surface area contributed by atoms with E-state index in [1.54, 1.807) is 17.0 Å². The van der Waals surface area contributed by atoms with Gasteiger partial charge in [-0.05, 0) is 66.7 Å². The minimum atomic E-state index is -0.293. The quantitative estimate of drug-likeness (QED) is 0.581. The minimum Gasteiger partial charge on any atom is -0.378 e. The predicted octanol–water partition coefficient (Wildman–Crippen LogP) is 4.12. The lowest BCUT2D eigenvalue weighted by Gasteiger charge is -2.29. The first-order valence-corrected chi connectivity index (χ1v) is 12.8. The summed E-state index contributed by atoms with van der Waals surface area (Å²) in [5, 5.41) is 0.633. The van der Waals surface area contributed by atoms with E-state index in [1.165, 1.54) is 17.8 Å². The van der Waals surface area contributed by atoms with Gasteiger partial charge in [-0.25, -0.2) is 9.38 Å². The number of thioether (sulfide) groups is 1. The van der Waals surface area contributed by atoms with Gasteiger partial charge in [0.2, 0.25) is 0 Å². The molecule has 35 heavy (non-hydrogen) atoms. The van der Waals surface area contributed by atoms with Crippen molar-refractivity contribution in [2.75, 3.05) is 69.0 Å². The molecule has 0 saturated carbocycles. The van der Waals surface area contributed by atoms with Crippen molar-refractivity contribution in [3.05, 3.63) is 58.8 Å². The highest BCUT2D eigenvalue weighted by Crippen LogP contribution is 2.35. The fraction of sp³-hybridized carbons (Fsp3) is 0.385. The zero-order valence-electron chi connectivity index (χ0n) is 19.8. The number of anilines is 2. The molecular formula is C26H29FN4O3S. The van der Waals surface area contributed by atoms with E-state index in [0.29, 0.717) is 54.2 Å². The molecule has 2 aromatic carbocycles. The molecule has 1 amide bonds. The van der Waals surface area contributed by atoms with Gasteiger partial charge in [0.05, 0.1) is 42.7 Å². The van der Waals surface area contributed by atoms with Crippen molar-refractivity contribution in [2.24, 2.45) is 4.99 Å². The van der Waals surface area contributed by atoms with Gasteiger partial charge in [-0.1, -0.05) is 6.07 Å². The van der Waals surface area contributed by atoms with Gasteiger partial charge in [0.1, 0.15) is 5.82 Å². The summed E-state index contributed by atoms with van der Waals surface area (Å²) in [6.45, 7) is 8.21. The lowest BCUT2D eigenvalue weighted by atomic mass is 10.1. The molecule has 3 heterocycles. The highest BCUT2D eigenvalue weighted by Gasteiger charge is 2.32. The van der Waals surface area contributed by atoms with E-state index in [4.69, 9.17) is 14.5 Å². The van der Waals surface area contributed by atoms with Crippen molar-refractivity contribution in [3.8, 4) is 0 Å². The van der Waals surface area contributed by atoms with Crippen molar-refractivity contribution in [1.82, 2.24) is 4.90 Å². The molecule has 0 unspecified atom stereocenters. The fourth-order valence-electron chi connectivity index (χ4n) is 4.37. The lowest BCUT2D eigenvalue weighted by Crippen LogP contribution is -2.36. The molecule has 0 N–H and O–H groups in total. The topological polar surface area (TPSA) is 57.6 Å². The third kappa shape index (κ3) is 5.37. The molecule has 0 atom stereocenters. The first-order chi connectivity index (χ1) is 17.1. The van der Waals surface area contributed by atoms with Crippen LogP contribution in [0.5, 0.6) is 0 Å². The summed E-state index contributed by atoms with van der Waals surface area (Å²) in [5.41, 5.74) is 3.15. The number of hydrogen-bond donors (Lipinski definition) is 0. The Morgan fingerprint density at radius 2 is 1.63 bits per heavy atom. The van der Waals surface area contributed by atoms with Crippen LogP contribution >= 0.6 is 11.8 Å². The standard InChI is InChI=1S/C26H29FN4O3S/c1-2-31-25(32)24(18-19-3-8-23(22(27)17-19)30-11-15-34-16-12-30)35-26(31)28-20-4-6-21(7-5-20)29-9-13-33-14-10-29/h3-8,17-18H,2,9-16H2,1H3/b24-18+,28-26?. The zero-order chi connectivity index (χ0) is 24.2. The van der Waals surface area contributed by atoms with Crippen LogP contribution in [0.1, 0.15) is 12.5 Å². The second-order valence-electron chi connectivity index (χ2n) is 8.48. The van der Waals surface area contributed by atoms with E-state index in [9.17, 15) is 9.18 Å². The molecule has 0 aromatic heterocycles. The number of likely N-dealkylation sites (N-methyl/N-ethyl adjacent to an activating group) is 1. The largest absolute Gasteiger partial charge is 0.378 e. The number of aliphatic imine (C=N–C) groups is 1. The van der Waals surface area contributed by atoms with Crippen LogP contribution in [0.4, 0.5) is 21.5 Å². The van der Waals surface area contributed by atoms with Crippen LogP contribution in [0.3, 0.4) is 0 Å². The Labute approximate surface area is 209 Å². The first kappa shape index (κ1) is 23.8. The maximum absolute atomic E-state index is 14.8. The molecule has 0 radical (unpaired) electrons. The van der Waals surface area contributed by atoms with Gasteiger partial charge in [-0.15, -0.1) is 0 Å². The molecule has 3 aliphatic rings. The highest BCUT2D eigenvalue weighted by atomic mass is 32.2. The third-order valence-electron chi connectivity index (χ3n) is 6.28. The van der Waals surface area contributed by atoms with Gasteiger partial charge in [0.15, 0.2) is 5.17 Å². The SMILES string of the molecule is CCN1C(=O)/C(=C\c2ccc(N3CCOCC3)c(F)c2)SC1=Nc1ccc(N2CCOCC2)cc1. The van der Waals surface area contributed by atoms with Crippen LogP contribution in [0.25, 0.3) is 6.08 Å². The molecule has 5 rings (SSSR count). The molecule has 7 nitrogen and oxygen atoms in total. The van der Waals surface area contributed by atoms with Crippen molar-refractivity contribution in [1.29, 1.82) is 0 Å². The Hall–Kier alpha value is -2.88. The number of amidine groups is 1. The molecule has 0 aliphatic carbocycles. The average Bonchev–Trinajstić information content (AvgIpc) is 3.19. The third-order valence-corrected chi connectivity index (χ3v) is 7.28. The second kappa shape index (κ2) is 10.8. The number of benzene rings is 2. The summed E-state index contributed by atoms with van der Waals surface area (Å²) >= 11 is 1.32. The molecule has 0 spiro atoms. The van der Waals surface area contributed by atoms with E-state index in [1.807, 2.05) is 30.0 Å². The molecule has 2 aromatic rings. The summed E-state index contributed by atoms with van der Waals surface area (Å²) in [6.07, 6.45) is 1.74. The lowest BCUT2D eigenvalue weighted by molar-refractivity contribution is -0.122. The number of morpholine rings is 2. The molecule has 9 heteroatoms. The zero-order valence-corrected chi connectivity index (χ0v) is 20.6. The van der Waals surface area contributed by atoms with E-state index >= 15 is 0 Å². The number of hydrogen-bond acceptors (Lipinski definition) is 7. The Morgan fingerprint density at radius 1 is 0.971 bits per heavy atom. The van der Waals surface area contributed by atoms with Crippen molar-refractivity contribution < 1.29 is 18.7 Å². The van der Waals surface area contributed by atoms with Gasteiger partial charge >= 0.3 is 0 Å². The minimum absolute atomic E-state index is 0.112. The highest BCUT2D eigenvalue weighted by molar-refractivity contribution is 8.18. The molecule has 3 fully saturated rings. The number of halogens is 1.